The smallest absolute Gasteiger partial charge is 0.233 e. The summed E-state index contributed by atoms with van der Waals surface area (Å²) in [5.74, 6) is -0.567. The van der Waals surface area contributed by atoms with Crippen LogP contribution in [0.5, 0.6) is 0 Å². The van der Waals surface area contributed by atoms with Crippen LogP contribution in [0.4, 0.5) is 0 Å². The average Bonchev–Trinajstić information content (AvgIpc) is 2.62. The molecule has 0 aromatic rings. The lowest BCUT2D eigenvalue weighted by Crippen LogP contribution is -2.50. The number of hydroxylamine groups is 2. The largest absolute Gasteiger partial charge is 0.346 e. The van der Waals surface area contributed by atoms with Gasteiger partial charge in [-0.05, 0) is 25.2 Å². The van der Waals surface area contributed by atoms with Crippen molar-refractivity contribution in [2.45, 2.75) is 78.2 Å². The molecule has 2 N–H and O–H groups in total. The molecule has 0 aromatic heterocycles. The van der Waals surface area contributed by atoms with Crippen LogP contribution in [0.15, 0.2) is 0 Å². The lowest BCUT2D eigenvalue weighted by Gasteiger charge is -2.30. The van der Waals surface area contributed by atoms with Crippen LogP contribution in [0, 0.1) is 17.8 Å². The zero-order chi connectivity index (χ0) is 18.8. The normalized spacial score (nSPS) is 17.8. The zero-order valence-corrected chi connectivity index (χ0v) is 15.9. The number of nitrogens with zero attached hydrogens (tertiary/aromatic N) is 1. The fraction of sp³-hybridized carbons (Fsp3) is 0.842. The van der Waals surface area contributed by atoms with Crippen molar-refractivity contribution in [1.29, 1.82) is 0 Å². The van der Waals surface area contributed by atoms with Gasteiger partial charge < -0.3 is 5.32 Å². The van der Waals surface area contributed by atoms with Crippen LogP contribution >= 0.6 is 0 Å². The Morgan fingerprint density at radius 3 is 2.40 bits per heavy atom. The molecule has 1 aliphatic carbocycles. The first kappa shape index (κ1) is 21.6. The highest BCUT2D eigenvalue weighted by atomic mass is 16.5. The van der Waals surface area contributed by atoms with Crippen molar-refractivity contribution in [2.24, 2.45) is 17.8 Å². The third-order valence-electron chi connectivity index (χ3n) is 5.08. The van der Waals surface area contributed by atoms with Crippen molar-refractivity contribution >= 4 is 18.1 Å². The van der Waals surface area contributed by atoms with E-state index in [4.69, 9.17) is 0 Å². The topological polar surface area (TPSA) is 86.7 Å². The maximum Gasteiger partial charge on any atom is 0.233 e. The third-order valence-corrected chi connectivity index (χ3v) is 5.08. The van der Waals surface area contributed by atoms with E-state index in [2.05, 4.69) is 5.32 Å². The third kappa shape index (κ3) is 7.14. The number of carbonyl (C=O) groups is 3. The standard InChI is InChI=1S/C19H34N2O4/c1-4-5-9-16(12-21(25)13-22)19(24)20-17(14(2)3)18(23)15-10-7-6-8-11-15/h13-17,25H,4-12H2,1-3H3,(H,20,24)/t16-,17-/m0/s1. The molecule has 0 unspecified atom stereocenters. The molecule has 0 aromatic carbocycles. The van der Waals surface area contributed by atoms with Gasteiger partial charge in [0.25, 0.3) is 0 Å². The second kappa shape index (κ2) is 11.2. The van der Waals surface area contributed by atoms with Crippen molar-refractivity contribution < 1.29 is 19.6 Å². The maximum atomic E-state index is 12.9. The number of hydrogen-bond donors (Lipinski definition) is 2. The quantitative estimate of drug-likeness (QED) is 0.339. The Morgan fingerprint density at radius 2 is 1.88 bits per heavy atom. The van der Waals surface area contributed by atoms with Crippen molar-refractivity contribution in [2.75, 3.05) is 6.54 Å². The van der Waals surface area contributed by atoms with Gasteiger partial charge in [-0.15, -0.1) is 0 Å². The summed E-state index contributed by atoms with van der Waals surface area (Å²) in [7, 11) is 0. The first-order valence-corrected chi connectivity index (χ1v) is 9.65. The highest BCUT2D eigenvalue weighted by Gasteiger charge is 2.33. The highest BCUT2D eigenvalue weighted by molar-refractivity contribution is 5.91. The lowest BCUT2D eigenvalue weighted by molar-refractivity contribution is -0.155. The first-order chi connectivity index (χ1) is 11.9. The van der Waals surface area contributed by atoms with Crippen molar-refractivity contribution in [3.63, 3.8) is 0 Å². The number of carbonyl (C=O) groups excluding carboxylic acids is 3. The minimum absolute atomic E-state index is 0.0153. The molecule has 144 valence electrons. The van der Waals surface area contributed by atoms with Gasteiger partial charge in [0, 0.05) is 5.92 Å². The molecule has 2 amide bonds. The molecular formula is C19H34N2O4. The van der Waals surface area contributed by atoms with E-state index < -0.39 is 12.0 Å². The second-order valence-electron chi connectivity index (χ2n) is 7.53. The molecule has 6 heteroatoms. The summed E-state index contributed by atoms with van der Waals surface area (Å²) in [6.07, 6.45) is 7.78. The summed E-state index contributed by atoms with van der Waals surface area (Å²) in [4.78, 5) is 36.2. The molecular weight excluding hydrogens is 320 g/mol. The second-order valence-corrected chi connectivity index (χ2v) is 7.53. The molecule has 6 nitrogen and oxygen atoms in total. The summed E-state index contributed by atoms with van der Waals surface area (Å²) in [5.41, 5.74) is 0. The minimum atomic E-state index is -0.504. The van der Waals surface area contributed by atoms with E-state index in [9.17, 15) is 19.6 Å². The van der Waals surface area contributed by atoms with Gasteiger partial charge in [0.1, 0.15) is 0 Å². The number of hydrogen-bond acceptors (Lipinski definition) is 4. The Hall–Kier alpha value is -1.43. The van der Waals surface area contributed by atoms with Crippen molar-refractivity contribution in [3.05, 3.63) is 0 Å². The van der Waals surface area contributed by atoms with E-state index >= 15 is 0 Å². The first-order valence-electron chi connectivity index (χ1n) is 9.65. The van der Waals surface area contributed by atoms with E-state index in [0.717, 1.165) is 38.5 Å². The zero-order valence-electron chi connectivity index (χ0n) is 15.9. The van der Waals surface area contributed by atoms with E-state index in [1.165, 1.54) is 6.42 Å². The Labute approximate surface area is 151 Å². The lowest BCUT2D eigenvalue weighted by atomic mass is 9.81. The van der Waals surface area contributed by atoms with Crippen LogP contribution < -0.4 is 5.32 Å². The molecule has 0 bridgehead atoms. The molecule has 2 atom stereocenters. The average molecular weight is 354 g/mol. The number of unbranched alkanes of at least 4 members (excludes halogenated alkanes) is 1. The van der Waals surface area contributed by atoms with Crippen LogP contribution in [-0.2, 0) is 14.4 Å². The molecule has 0 spiro atoms. The van der Waals surface area contributed by atoms with Crippen molar-refractivity contribution in [3.8, 4) is 0 Å². The van der Waals surface area contributed by atoms with E-state index in [1.807, 2.05) is 20.8 Å². The number of amides is 2. The van der Waals surface area contributed by atoms with Gasteiger partial charge in [0.15, 0.2) is 5.78 Å². The van der Waals surface area contributed by atoms with E-state index in [0.29, 0.717) is 17.9 Å². The van der Waals surface area contributed by atoms with Crippen LogP contribution in [0.3, 0.4) is 0 Å². The monoisotopic (exact) mass is 354 g/mol. The van der Waals surface area contributed by atoms with Gasteiger partial charge in [-0.2, -0.15) is 0 Å². The highest BCUT2D eigenvalue weighted by Crippen LogP contribution is 2.27. The Morgan fingerprint density at radius 1 is 1.24 bits per heavy atom. The maximum absolute atomic E-state index is 12.9. The van der Waals surface area contributed by atoms with Gasteiger partial charge in [-0.1, -0.05) is 52.9 Å². The Bertz CT molecular complexity index is 433. The minimum Gasteiger partial charge on any atom is -0.346 e. The Kier molecular flexibility index (Phi) is 9.71. The Balaban J connectivity index is 2.76. The van der Waals surface area contributed by atoms with E-state index in [1.54, 1.807) is 0 Å². The van der Waals surface area contributed by atoms with Gasteiger partial charge in [0.05, 0.1) is 18.5 Å². The fourth-order valence-corrected chi connectivity index (χ4v) is 3.50. The number of rotatable bonds is 11. The molecule has 25 heavy (non-hydrogen) atoms. The molecule has 1 saturated carbocycles. The fourth-order valence-electron chi connectivity index (χ4n) is 3.50. The molecule has 1 rings (SSSR count). The predicted octanol–water partition coefficient (Wildman–Crippen LogP) is 2.93. The SMILES string of the molecule is CCCC[C@@H](CN(O)C=O)C(=O)N[C@H](C(=O)C1CCCCC1)C(C)C. The number of ketones is 1. The molecule has 0 saturated heterocycles. The van der Waals surface area contributed by atoms with Gasteiger partial charge >= 0.3 is 0 Å². The summed E-state index contributed by atoms with van der Waals surface area (Å²) in [6.45, 7) is 5.86. The van der Waals surface area contributed by atoms with Crippen LogP contribution in [0.1, 0.15) is 72.1 Å². The van der Waals surface area contributed by atoms with Crippen LogP contribution in [-0.4, -0.2) is 41.0 Å². The van der Waals surface area contributed by atoms with Crippen LogP contribution in [0.25, 0.3) is 0 Å². The predicted molar refractivity (Wildman–Crippen MR) is 95.9 cm³/mol. The van der Waals surface area contributed by atoms with Gasteiger partial charge in [-0.3, -0.25) is 19.6 Å². The summed E-state index contributed by atoms with van der Waals surface area (Å²) < 4.78 is 0. The summed E-state index contributed by atoms with van der Waals surface area (Å²) >= 11 is 0. The van der Waals surface area contributed by atoms with Gasteiger partial charge in [-0.25, -0.2) is 5.06 Å². The number of Topliss-reactive ketones (excluding diaryl/α,β-unsaturated/α-hetero) is 1. The van der Waals surface area contributed by atoms with Crippen LogP contribution in [0.2, 0.25) is 0 Å². The molecule has 1 aliphatic rings. The van der Waals surface area contributed by atoms with Crippen molar-refractivity contribution in [1.82, 2.24) is 10.4 Å². The van der Waals surface area contributed by atoms with E-state index in [-0.39, 0.29) is 30.1 Å². The van der Waals surface area contributed by atoms with Gasteiger partial charge in [0.2, 0.25) is 12.3 Å². The molecule has 0 radical (unpaired) electrons. The summed E-state index contributed by atoms with van der Waals surface area (Å²) in [5, 5.41) is 12.9. The molecule has 0 heterocycles. The molecule has 1 fully saturated rings. The molecule has 0 aliphatic heterocycles. The number of nitrogens with one attached hydrogen (secondary N) is 1. The summed E-state index contributed by atoms with van der Waals surface area (Å²) in [6, 6.07) is -0.497.